The quantitative estimate of drug-likeness (QED) is 0.639. The summed E-state index contributed by atoms with van der Waals surface area (Å²) >= 11 is 0. The monoisotopic (exact) mass is 370 g/mol. The van der Waals surface area contributed by atoms with Gasteiger partial charge in [-0.1, -0.05) is 24.3 Å². The van der Waals surface area contributed by atoms with Crippen LogP contribution >= 0.6 is 0 Å². The summed E-state index contributed by atoms with van der Waals surface area (Å²) in [5, 5.41) is 3.29. The van der Waals surface area contributed by atoms with Crippen molar-refractivity contribution in [2.75, 3.05) is 5.32 Å². The Morgan fingerprint density at radius 2 is 1.70 bits per heavy atom. The summed E-state index contributed by atoms with van der Waals surface area (Å²) < 4.78 is 38.1. The molecule has 1 heterocycles. The molecule has 0 saturated carbocycles. The van der Waals surface area contributed by atoms with Crippen LogP contribution in [-0.4, -0.2) is 10.8 Å². The molecule has 1 aliphatic carbocycles. The molecule has 4 rings (SSSR count). The second kappa shape index (κ2) is 6.61. The molecular formula is C21H17F3N2O. The Labute approximate surface area is 154 Å². The molecule has 0 bridgehead atoms. The number of fused-ring (bicyclic) bond motifs is 1. The number of carbonyl (C=O) groups excluding carboxylic acids is 1. The number of H-pyrrole nitrogens is 1. The van der Waals surface area contributed by atoms with Crippen molar-refractivity contribution < 1.29 is 18.0 Å². The average molecular weight is 370 g/mol. The number of alkyl halides is 3. The van der Waals surface area contributed by atoms with Crippen molar-refractivity contribution in [3.63, 3.8) is 0 Å². The minimum atomic E-state index is -4.34. The lowest BCUT2D eigenvalue weighted by Gasteiger charge is -2.19. The number of hydrogen-bond donors (Lipinski definition) is 2. The molecule has 1 aromatic heterocycles. The third-order valence-electron chi connectivity index (χ3n) is 4.80. The fourth-order valence-corrected chi connectivity index (χ4v) is 3.37. The van der Waals surface area contributed by atoms with Gasteiger partial charge in [0.2, 0.25) is 0 Å². The molecule has 0 fully saturated rings. The summed E-state index contributed by atoms with van der Waals surface area (Å²) in [4.78, 5) is 15.0. The van der Waals surface area contributed by atoms with Gasteiger partial charge in [0.15, 0.2) is 0 Å². The molecule has 0 saturated heterocycles. The summed E-state index contributed by atoms with van der Waals surface area (Å²) in [7, 11) is 0. The lowest BCUT2D eigenvalue weighted by Crippen LogP contribution is -2.14. The molecule has 3 nitrogen and oxygen atoms in total. The van der Waals surface area contributed by atoms with Gasteiger partial charge < -0.3 is 10.3 Å². The normalized spacial score (nSPS) is 14.1. The summed E-state index contributed by atoms with van der Waals surface area (Å²) in [5.41, 5.74) is 3.78. The topological polar surface area (TPSA) is 44.9 Å². The van der Waals surface area contributed by atoms with Crippen LogP contribution in [0, 0.1) is 0 Å². The van der Waals surface area contributed by atoms with Gasteiger partial charge in [-0.15, -0.1) is 0 Å². The molecule has 0 aliphatic heterocycles. The Balaban J connectivity index is 1.57. The second-order valence-corrected chi connectivity index (χ2v) is 6.64. The van der Waals surface area contributed by atoms with Crippen LogP contribution in [0.25, 0.3) is 11.3 Å². The standard InChI is InChI=1S/C21H17F3N2O/c22-21(23,24)15-7-4-14(5-8-15)18-10-11-20(25-18)26-19-3-1-2-13-6-9-16(27)12-17(13)19/h1-5,7-8,10-11,25-26H,6,9,12H2. The van der Waals surface area contributed by atoms with Gasteiger partial charge in [-0.25, -0.2) is 0 Å². The number of rotatable bonds is 3. The van der Waals surface area contributed by atoms with E-state index in [1.165, 1.54) is 17.7 Å². The molecule has 0 amide bonds. The van der Waals surface area contributed by atoms with Crippen molar-refractivity contribution in [1.82, 2.24) is 4.98 Å². The first kappa shape index (κ1) is 17.4. The van der Waals surface area contributed by atoms with Gasteiger partial charge in [-0.2, -0.15) is 13.2 Å². The summed E-state index contributed by atoms with van der Waals surface area (Å²) in [6.45, 7) is 0. The van der Waals surface area contributed by atoms with E-state index < -0.39 is 11.7 Å². The van der Waals surface area contributed by atoms with Crippen LogP contribution < -0.4 is 5.32 Å². The summed E-state index contributed by atoms with van der Waals surface area (Å²) in [6, 6.07) is 14.6. The predicted octanol–water partition coefficient (Wildman–Crippen LogP) is 5.50. The van der Waals surface area contributed by atoms with E-state index in [0.717, 1.165) is 35.6 Å². The minimum Gasteiger partial charge on any atom is -0.342 e. The van der Waals surface area contributed by atoms with Crippen molar-refractivity contribution in [2.24, 2.45) is 0 Å². The first-order valence-electron chi connectivity index (χ1n) is 8.66. The van der Waals surface area contributed by atoms with Gasteiger partial charge in [0.25, 0.3) is 0 Å². The maximum Gasteiger partial charge on any atom is 0.416 e. The maximum absolute atomic E-state index is 12.7. The Hall–Kier alpha value is -3.02. The fraction of sp³-hybridized carbons (Fsp3) is 0.190. The number of nitrogens with one attached hydrogen (secondary N) is 2. The van der Waals surface area contributed by atoms with Crippen LogP contribution in [0.2, 0.25) is 0 Å². The highest BCUT2D eigenvalue weighted by molar-refractivity contribution is 5.86. The maximum atomic E-state index is 12.7. The fourth-order valence-electron chi connectivity index (χ4n) is 3.37. The third-order valence-corrected chi connectivity index (χ3v) is 4.80. The molecule has 2 aromatic carbocycles. The highest BCUT2D eigenvalue weighted by atomic mass is 19.4. The van der Waals surface area contributed by atoms with Gasteiger partial charge in [0, 0.05) is 24.2 Å². The predicted molar refractivity (Wildman–Crippen MR) is 98.0 cm³/mol. The number of Topliss-reactive ketones (excluding diaryl/α,β-unsaturated/α-hetero) is 1. The van der Waals surface area contributed by atoms with Crippen molar-refractivity contribution >= 4 is 17.3 Å². The second-order valence-electron chi connectivity index (χ2n) is 6.64. The van der Waals surface area contributed by atoms with Crippen molar-refractivity contribution in [3.05, 3.63) is 71.3 Å². The minimum absolute atomic E-state index is 0.230. The Bertz CT molecular complexity index is 987. The van der Waals surface area contributed by atoms with E-state index in [4.69, 9.17) is 0 Å². The largest absolute Gasteiger partial charge is 0.416 e. The smallest absolute Gasteiger partial charge is 0.342 e. The molecule has 0 unspecified atom stereocenters. The summed E-state index contributed by atoms with van der Waals surface area (Å²) in [6.07, 6.45) is -2.59. The number of benzene rings is 2. The van der Waals surface area contributed by atoms with Crippen LogP contribution in [0.3, 0.4) is 0 Å². The van der Waals surface area contributed by atoms with E-state index in [-0.39, 0.29) is 5.78 Å². The zero-order valence-electron chi connectivity index (χ0n) is 14.4. The zero-order valence-corrected chi connectivity index (χ0v) is 14.4. The highest BCUT2D eigenvalue weighted by Crippen LogP contribution is 2.32. The Morgan fingerprint density at radius 3 is 2.44 bits per heavy atom. The first-order chi connectivity index (χ1) is 12.9. The van der Waals surface area contributed by atoms with E-state index >= 15 is 0 Å². The zero-order chi connectivity index (χ0) is 19.0. The van der Waals surface area contributed by atoms with Gasteiger partial charge in [0.1, 0.15) is 11.6 Å². The molecule has 27 heavy (non-hydrogen) atoms. The lowest BCUT2D eigenvalue weighted by atomic mass is 9.89. The number of carbonyl (C=O) groups is 1. The first-order valence-corrected chi connectivity index (χ1v) is 8.66. The number of aryl methyl sites for hydroxylation is 1. The van der Waals surface area contributed by atoms with Crippen LogP contribution in [0.4, 0.5) is 24.7 Å². The number of ketones is 1. The number of halogens is 3. The van der Waals surface area contributed by atoms with Crippen molar-refractivity contribution in [1.29, 1.82) is 0 Å². The molecule has 3 aromatic rings. The molecule has 1 aliphatic rings. The lowest BCUT2D eigenvalue weighted by molar-refractivity contribution is -0.137. The van der Waals surface area contributed by atoms with E-state index in [0.29, 0.717) is 24.1 Å². The molecule has 0 atom stereocenters. The molecule has 2 N–H and O–H groups in total. The molecular weight excluding hydrogens is 353 g/mol. The molecule has 0 radical (unpaired) electrons. The average Bonchev–Trinajstić information content (AvgIpc) is 3.10. The summed E-state index contributed by atoms with van der Waals surface area (Å²) in [5.74, 6) is 0.949. The molecule has 0 spiro atoms. The van der Waals surface area contributed by atoms with Crippen LogP contribution in [0.1, 0.15) is 23.1 Å². The highest BCUT2D eigenvalue weighted by Gasteiger charge is 2.30. The third kappa shape index (κ3) is 3.60. The molecule has 138 valence electrons. The van der Waals surface area contributed by atoms with E-state index in [2.05, 4.69) is 10.3 Å². The van der Waals surface area contributed by atoms with E-state index in [1.807, 2.05) is 30.3 Å². The number of anilines is 2. The van der Waals surface area contributed by atoms with E-state index in [1.54, 1.807) is 0 Å². The van der Waals surface area contributed by atoms with Gasteiger partial charge in [-0.3, -0.25) is 4.79 Å². The van der Waals surface area contributed by atoms with Crippen LogP contribution in [-0.2, 0) is 23.8 Å². The number of aromatic amines is 1. The van der Waals surface area contributed by atoms with Crippen molar-refractivity contribution in [3.8, 4) is 11.3 Å². The Morgan fingerprint density at radius 1 is 0.926 bits per heavy atom. The van der Waals surface area contributed by atoms with Crippen LogP contribution in [0.15, 0.2) is 54.6 Å². The van der Waals surface area contributed by atoms with Crippen molar-refractivity contribution in [2.45, 2.75) is 25.4 Å². The van der Waals surface area contributed by atoms with Gasteiger partial charge in [0.05, 0.1) is 5.56 Å². The van der Waals surface area contributed by atoms with E-state index in [9.17, 15) is 18.0 Å². The SMILES string of the molecule is O=C1CCc2cccc(Nc3ccc(-c4ccc(C(F)(F)F)cc4)[nH]3)c2C1. The molecule has 6 heteroatoms. The van der Waals surface area contributed by atoms with Gasteiger partial charge in [-0.05, 0) is 53.4 Å². The Kier molecular flexibility index (Phi) is 4.26. The van der Waals surface area contributed by atoms with Crippen LogP contribution in [0.5, 0.6) is 0 Å². The van der Waals surface area contributed by atoms with Gasteiger partial charge >= 0.3 is 6.18 Å². The number of hydrogen-bond acceptors (Lipinski definition) is 2. The number of aromatic nitrogens is 1.